The van der Waals surface area contributed by atoms with Gasteiger partial charge in [0.05, 0.1) is 0 Å². The van der Waals surface area contributed by atoms with Gasteiger partial charge in [0.1, 0.15) is 0 Å². The fourth-order valence-electron chi connectivity index (χ4n) is 4.48. The molecule has 0 radical (unpaired) electrons. The summed E-state index contributed by atoms with van der Waals surface area (Å²) in [6, 6.07) is 0.470. The third-order valence-corrected chi connectivity index (χ3v) is 6.95. The lowest BCUT2D eigenvalue weighted by molar-refractivity contribution is -0.132. The number of rotatable bonds is 5. The second-order valence-corrected chi connectivity index (χ2v) is 9.62. The van der Waals surface area contributed by atoms with Crippen molar-refractivity contribution in [3.05, 3.63) is 11.1 Å². The number of urea groups is 1. The molecule has 7 heteroatoms. The van der Waals surface area contributed by atoms with Crippen molar-refractivity contribution in [2.75, 3.05) is 18.4 Å². The number of amides is 3. The Labute approximate surface area is 172 Å². The van der Waals surface area contributed by atoms with Crippen LogP contribution in [-0.4, -0.2) is 51.9 Å². The molecule has 0 aromatic carbocycles. The van der Waals surface area contributed by atoms with E-state index in [1.54, 1.807) is 6.20 Å². The van der Waals surface area contributed by atoms with E-state index < -0.39 is 0 Å². The first kappa shape index (κ1) is 21.1. The molecular weight excluding hydrogens is 372 g/mol. The van der Waals surface area contributed by atoms with E-state index in [0.717, 1.165) is 56.0 Å². The van der Waals surface area contributed by atoms with Crippen LogP contribution in [0, 0.1) is 12.8 Å². The van der Waals surface area contributed by atoms with Gasteiger partial charge in [0.15, 0.2) is 5.13 Å². The lowest BCUT2D eigenvalue weighted by Gasteiger charge is -2.44. The van der Waals surface area contributed by atoms with Crippen molar-refractivity contribution in [2.45, 2.75) is 84.2 Å². The van der Waals surface area contributed by atoms with E-state index in [2.05, 4.69) is 22.1 Å². The summed E-state index contributed by atoms with van der Waals surface area (Å²) in [4.78, 5) is 34.9. The highest BCUT2D eigenvalue weighted by molar-refractivity contribution is 7.15. The third kappa shape index (κ3) is 5.25. The molecule has 6 nitrogen and oxygen atoms in total. The number of aromatic nitrogens is 1. The molecule has 28 heavy (non-hydrogen) atoms. The molecule has 0 bridgehead atoms. The number of likely N-dealkylation sites (tertiary alicyclic amines) is 1. The molecule has 1 saturated heterocycles. The number of carbonyl (C=O) groups excluding carboxylic acids is 2. The van der Waals surface area contributed by atoms with Gasteiger partial charge in [-0.15, -0.1) is 11.3 Å². The predicted molar refractivity (Wildman–Crippen MR) is 114 cm³/mol. The van der Waals surface area contributed by atoms with Crippen LogP contribution in [0.5, 0.6) is 0 Å². The molecule has 2 aliphatic rings. The number of piperidine rings is 1. The molecular formula is C21H34N4O2S. The minimum atomic E-state index is -0.0211. The van der Waals surface area contributed by atoms with Crippen molar-refractivity contribution in [1.82, 2.24) is 14.8 Å². The summed E-state index contributed by atoms with van der Waals surface area (Å²) in [7, 11) is 0. The average molecular weight is 407 g/mol. The number of nitrogens with zero attached hydrogens (tertiary/aromatic N) is 3. The maximum absolute atomic E-state index is 13.2. The Balaban J connectivity index is 1.67. The zero-order valence-corrected chi connectivity index (χ0v) is 18.3. The molecule has 1 saturated carbocycles. The summed E-state index contributed by atoms with van der Waals surface area (Å²) in [6.07, 6.45) is 9.54. The molecule has 1 aliphatic heterocycles. The zero-order chi connectivity index (χ0) is 20.1. The minimum absolute atomic E-state index is 0.0211. The standard InChI is InChI=1S/C21H34N4O2S/c1-4-5-19(26)24-12-10-18(11-13-24)25(17-8-6-15(2)7-9-17)21(27)23-20-22-14-16(3)28-20/h14-15,17-18H,4-13H2,1-3H3,(H,22,23,27). The molecule has 1 N–H and O–H groups in total. The second-order valence-electron chi connectivity index (χ2n) is 8.39. The second kappa shape index (κ2) is 9.72. The average Bonchev–Trinajstić information content (AvgIpc) is 3.09. The van der Waals surface area contributed by atoms with E-state index in [-0.39, 0.29) is 18.0 Å². The van der Waals surface area contributed by atoms with E-state index in [4.69, 9.17) is 0 Å². The van der Waals surface area contributed by atoms with E-state index in [1.165, 1.54) is 24.2 Å². The maximum Gasteiger partial charge on any atom is 0.324 e. The summed E-state index contributed by atoms with van der Waals surface area (Å²) in [5.41, 5.74) is 0. The van der Waals surface area contributed by atoms with E-state index in [9.17, 15) is 9.59 Å². The zero-order valence-electron chi connectivity index (χ0n) is 17.4. The normalized spacial score (nSPS) is 23.5. The number of carbonyl (C=O) groups is 2. The fraction of sp³-hybridized carbons (Fsp3) is 0.762. The van der Waals surface area contributed by atoms with Crippen LogP contribution in [0.1, 0.15) is 70.1 Å². The summed E-state index contributed by atoms with van der Waals surface area (Å²) in [5, 5.41) is 3.71. The SMILES string of the molecule is CCCC(=O)N1CCC(N(C(=O)Nc2ncc(C)s2)C2CCC(C)CC2)CC1. The molecule has 1 aromatic rings. The van der Waals surface area contributed by atoms with E-state index in [0.29, 0.717) is 17.6 Å². The largest absolute Gasteiger partial charge is 0.343 e. The Morgan fingerprint density at radius 1 is 1.18 bits per heavy atom. The van der Waals surface area contributed by atoms with E-state index in [1.807, 2.05) is 18.7 Å². The molecule has 0 unspecified atom stereocenters. The quantitative estimate of drug-likeness (QED) is 0.774. The molecule has 1 aliphatic carbocycles. The van der Waals surface area contributed by atoms with Crippen LogP contribution in [-0.2, 0) is 4.79 Å². The Morgan fingerprint density at radius 2 is 1.82 bits per heavy atom. The molecule has 2 fully saturated rings. The first-order valence-electron chi connectivity index (χ1n) is 10.8. The molecule has 0 atom stereocenters. The van der Waals surface area contributed by atoms with Gasteiger partial charge in [-0.05, 0) is 57.8 Å². The molecule has 1 aromatic heterocycles. The van der Waals surface area contributed by atoms with Gasteiger partial charge in [-0.1, -0.05) is 13.8 Å². The van der Waals surface area contributed by atoms with Gasteiger partial charge in [0.25, 0.3) is 0 Å². The van der Waals surface area contributed by atoms with Crippen LogP contribution in [0.2, 0.25) is 0 Å². The molecule has 3 rings (SSSR count). The topological polar surface area (TPSA) is 65.5 Å². The third-order valence-electron chi connectivity index (χ3n) is 6.12. The highest BCUT2D eigenvalue weighted by Crippen LogP contribution is 2.31. The highest BCUT2D eigenvalue weighted by Gasteiger charge is 2.35. The summed E-state index contributed by atoms with van der Waals surface area (Å²) < 4.78 is 0. The summed E-state index contributed by atoms with van der Waals surface area (Å²) >= 11 is 1.51. The number of aryl methyl sites for hydroxylation is 1. The highest BCUT2D eigenvalue weighted by atomic mass is 32.1. The summed E-state index contributed by atoms with van der Waals surface area (Å²) in [5.74, 6) is 0.998. The fourth-order valence-corrected chi connectivity index (χ4v) is 5.14. The lowest BCUT2D eigenvalue weighted by atomic mass is 9.85. The number of nitrogens with one attached hydrogen (secondary N) is 1. The van der Waals surface area contributed by atoms with Crippen LogP contribution >= 0.6 is 11.3 Å². The molecule has 3 amide bonds. The smallest absolute Gasteiger partial charge is 0.324 e. The van der Waals surface area contributed by atoms with Crippen LogP contribution in [0.25, 0.3) is 0 Å². The van der Waals surface area contributed by atoms with Gasteiger partial charge >= 0.3 is 6.03 Å². The van der Waals surface area contributed by atoms with Crippen molar-refractivity contribution < 1.29 is 9.59 Å². The van der Waals surface area contributed by atoms with Crippen molar-refractivity contribution in [2.24, 2.45) is 5.92 Å². The van der Waals surface area contributed by atoms with Crippen molar-refractivity contribution in [1.29, 1.82) is 0 Å². The number of hydrogen-bond donors (Lipinski definition) is 1. The van der Waals surface area contributed by atoms with Gasteiger partial charge in [0.2, 0.25) is 5.91 Å². The number of thiazole rings is 1. The predicted octanol–water partition coefficient (Wildman–Crippen LogP) is 4.66. The summed E-state index contributed by atoms with van der Waals surface area (Å²) in [6.45, 7) is 7.86. The van der Waals surface area contributed by atoms with Crippen molar-refractivity contribution >= 4 is 28.4 Å². The van der Waals surface area contributed by atoms with E-state index >= 15 is 0 Å². The van der Waals surface area contributed by atoms with Gasteiger partial charge in [-0.2, -0.15) is 0 Å². The van der Waals surface area contributed by atoms with Gasteiger partial charge < -0.3 is 9.80 Å². The van der Waals surface area contributed by atoms with Crippen molar-refractivity contribution in [3.63, 3.8) is 0 Å². The van der Waals surface area contributed by atoms with Crippen LogP contribution in [0.3, 0.4) is 0 Å². The first-order valence-corrected chi connectivity index (χ1v) is 11.6. The monoisotopic (exact) mass is 406 g/mol. The van der Waals surface area contributed by atoms with Crippen LogP contribution in [0.15, 0.2) is 6.20 Å². The maximum atomic E-state index is 13.2. The molecule has 156 valence electrons. The lowest BCUT2D eigenvalue weighted by Crippen LogP contribution is -2.54. The Hall–Kier alpha value is -1.63. The molecule has 0 spiro atoms. The van der Waals surface area contributed by atoms with Gasteiger partial charge in [-0.25, -0.2) is 9.78 Å². The van der Waals surface area contributed by atoms with Crippen LogP contribution in [0.4, 0.5) is 9.93 Å². The van der Waals surface area contributed by atoms with Crippen LogP contribution < -0.4 is 5.32 Å². The molecule has 2 heterocycles. The van der Waals surface area contributed by atoms with Gasteiger partial charge in [0, 0.05) is 42.7 Å². The minimum Gasteiger partial charge on any atom is -0.343 e. The Bertz CT molecular complexity index is 661. The number of anilines is 1. The number of hydrogen-bond acceptors (Lipinski definition) is 4. The van der Waals surface area contributed by atoms with Crippen molar-refractivity contribution in [3.8, 4) is 0 Å². The first-order chi connectivity index (χ1) is 13.5. The van der Waals surface area contributed by atoms with Gasteiger partial charge in [-0.3, -0.25) is 10.1 Å². The Kier molecular flexibility index (Phi) is 7.32. The Morgan fingerprint density at radius 3 is 2.39 bits per heavy atom.